The fourth-order valence-electron chi connectivity index (χ4n) is 3.07. The standard InChI is InChI=1S/C18H25N5O2S/c1-3-19-17-7-8-18(21-20-17)22-9-11-23(12-10-22)26(24,25)14-16-6-4-5-15(2)13-16/h4-8,13H,3,9-12,14H2,1-2H3,(H,19,20). The van der Waals surface area contributed by atoms with Crippen molar-refractivity contribution in [3.05, 3.63) is 47.5 Å². The van der Waals surface area contributed by atoms with E-state index in [9.17, 15) is 8.42 Å². The van der Waals surface area contributed by atoms with Gasteiger partial charge in [0.1, 0.15) is 5.82 Å². The van der Waals surface area contributed by atoms with E-state index in [4.69, 9.17) is 0 Å². The topological polar surface area (TPSA) is 78.4 Å². The molecule has 2 aromatic rings. The number of aromatic nitrogens is 2. The van der Waals surface area contributed by atoms with Crippen LogP contribution in [0.2, 0.25) is 0 Å². The number of nitrogens with one attached hydrogen (secondary N) is 1. The Labute approximate surface area is 155 Å². The van der Waals surface area contributed by atoms with Crippen LogP contribution in [-0.2, 0) is 15.8 Å². The minimum absolute atomic E-state index is 0.0475. The van der Waals surface area contributed by atoms with Crippen molar-refractivity contribution in [1.29, 1.82) is 0 Å². The molecule has 140 valence electrons. The molecule has 0 unspecified atom stereocenters. The molecule has 26 heavy (non-hydrogen) atoms. The van der Waals surface area contributed by atoms with Gasteiger partial charge in [0.05, 0.1) is 5.75 Å². The van der Waals surface area contributed by atoms with Gasteiger partial charge in [-0.05, 0) is 31.5 Å². The highest BCUT2D eigenvalue weighted by molar-refractivity contribution is 7.88. The molecule has 0 amide bonds. The minimum Gasteiger partial charge on any atom is -0.369 e. The summed E-state index contributed by atoms with van der Waals surface area (Å²) in [5.41, 5.74) is 1.90. The molecule has 1 aliphatic heterocycles. The van der Waals surface area contributed by atoms with Crippen molar-refractivity contribution in [1.82, 2.24) is 14.5 Å². The van der Waals surface area contributed by atoms with Gasteiger partial charge in [-0.3, -0.25) is 0 Å². The quantitative estimate of drug-likeness (QED) is 0.830. The van der Waals surface area contributed by atoms with Gasteiger partial charge in [0.15, 0.2) is 5.82 Å². The maximum Gasteiger partial charge on any atom is 0.218 e. The van der Waals surface area contributed by atoms with Crippen LogP contribution in [0.4, 0.5) is 11.6 Å². The summed E-state index contributed by atoms with van der Waals surface area (Å²) in [6.07, 6.45) is 0. The van der Waals surface area contributed by atoms with Crippen molar-refractivity contribution in [3.63, 3.8) is 0 Å². The van der Waals surface area contributed by atoms with Crippen LogP contribution in [0.3, 0.4) is 0 Å². The lowest BCUT2D eigenvalue weighted by Gasteiger charge is -2.34. The molecule has 0 atom stereocenters. The molecule has 0 bridgehead atoms. The zero-order valence-corrected chi connectivity index (χ0v) is 16.0. The number of hydrogen-bond donors (Lipinski definition) is 1. The fourth-order valence-corrected chi connectivity index (χ4v) is 4.57. The number of anilines is 2. The molecule has 0 aliphatic carbocycles. The molecule has 1 aromatic heterocycles. The average Bonchev–Trinajstić information content (AvgIpc) is 2.62. The van der Waals surface area contributed by atoms with Crippen LogP contribution in [-0.4, -0.2) is 55.6 Å². The lowest BCUT2D eigenvalue weighted by molar-refractivity contribution is 0.383. The van der Waals surface area contributed by atoms with E-state index < -0.39 is 10.0 Å². The molecular weight excluding hydrogens is 350 g/mol. The van der Waals surface area contributed by atoms with Crippen LogP contribution in [0, 0.1) is 6.92 Å². The zero-order chi connectivity index (χ0) is 18.6. The van der Waals surface area contributed by atoms with E-state index in [0.29, 0.717) is 26.2 Å². The van der Waals surface area contributed by atoms with Gasteiger partial charge < -0.3 is 10.2 Å². The van der Waals surface area contributed by atoms with Crippen molar-refractivity contribution in [3.8, 4) is 0 Å². The van der Waals surface area contributed by atoms with Crippen LogP contribution in [0.15, 0.2) is 36.4 Å². The third-order valence-electron chi connectivity index (χ3n) is 4.40. The number of aryl methyl sites for hydroxylation is 1. The minimum atomic E-state index is -3.31. The second kappa shape index (κ2) is 8.01. The summed E-state index contributed by atoms with van der Waals surface area (Å²) < 4.78 is 27.0. The van der Waals surface area contributed by atoms with E-state index >= 15 is 0 Å². The van der Waals surface area contributed by atoms with Gasteiger partial charge in [-0.25, -0.2) is 8.42 Å². The number of benzene rings is 1. The summed E-state index contributed by atoms with van der Waals surface area (Å²) >= 11 is 0. The number of nitrogens with zero attached hydrogens (tertiary/aromatic N) is 4. The normalized spacial score (nSPS) is 15.8. The summed E-state index contributed by atoms with van der Waals surface area (Å²) in [5.74, 6) is 1.57. The molecule has 0 spiro atoms. The van der Waals surface area contributed by atoms with Crippen molar-refractivity contribution >= 4 is 21.7 Å². The molecule has 1 N–H and O–H groups in total. The van der Waals surface area contributed by atoms with Gasteiger partial charge in [0.25, 0.3) is 0 Å². The lowest BCUT2D eigenvalue weighted by Crippen LogP contribution is -2.49. The molecule has 2 heterocycles. The predicted molar refractivity (Wildman–Crippen MR) is 104 cm³/mol. The van der Waals surface area contributed by atoms with Crippen LogP contribution in [0.1, 0.15) is 18.1 Å². The highest BCUT2D eigenvalue weighted by atomic mass is 32.2. The number of rotatable bonds is 6. The molecule has 1 fully saturated rings. The maximum absolute atomic E-state index is 12.7. The Bertz CT molecular complexity index is 831. The molecule has 0 radical (unpaired) electrons. The maximum atomic E-state index is 12.7. The molecule has 1 aromatic carbocycles. The summed E-state index contributed by atoms with van der Waals surface area (Å²) in [7, 11) is -3.31. The summed E-state index contributed by atoms with van der Waals surface area (Å²) in [5, 5.41) is 11.5. The molecular formula is C18H25N5O2S. The zero-order valence-electron chi connectivity index (χ0n) is 15.2. The number of hydrogen-bond acceptors (Lipinski definition) is 6. The van der Waals surface area contributed by atoms with Crippen molar-refractivity contribution in [2.24, 2.45) is 0 Å². The molecule has 3 rings (SSSR count). The third kappa shape index (κ3) is 4.50. The van der Waals surface area contributed by atoms with Gasteiger partial charge in [-0.2, -0.15) is 4.31 Å². The first-order valence-corrected chi connectivity index (χ1v) is 10.4. The van der Waals surface area contributed by atoms with Crippen molar-refractivity contribution in [2.75, 3.05) is 42.9 Å². The lowest BCUT2D eigenvalue weighted by atomic mass is 10.2. The first-order valence-electron chi connectivity index (χ1n) is 8.84. The van der Waals surface area contributed by atoms with E-state index in [1.165, 1.54) is 0 Å². The molecule has 8 heteroatoms. The van der Waals surface area contributed by atoms with Gasteiger partial charge in [-0.15, -0.1) is 10.2 Å². The third-order valence-corrected chi connectivity index (χ3v) is 6.25. The van der Waals surface area contributed by atoms with E-state index in [1.807, 2.05) is 50.2 Å². The average molecular weight is 375 g/mol. The number of piperazine rings is 1. The first kappa shape index (κ1) is 18.6. The van der Waals surface area contributed by atoms with Crippen molar-refractivity contribution in [2.45, 2.75) is 19.6 Å². The Morgan fingerprint density at radius 3 is 2.46 bits per heavy atom. The Morgan fingerprint density at radius 2 is 1.85 bits per heavy atom. The van der Waals surface area contributed by atoms with Crippen LogP contribution >= 0.6 is 0 Å². The summed E-state index contributed by atoms with van der Waals surface area (Å²) in [6.45, 7) is 6.93. The largest absolute Gasteiger partial charge is 0.369 e. The highest BCUT2D eigenvalue weighted by Crippen LogP contribution is 2.18. The van der Waals surface area contributed by atoms with Crippen LogP contribution in [0.5, 0.6) is 0 Å². The van der Waals surface area contributed by atoms with Crippen molar-refractivity contribution < 1.29 is 8.42 Å². The fraction of sp³-hybridized carbons (Fsp3) is 0.444. The Hall–Kier alpha value is -2.19. The molecule has 7 nitrogen and oxygen atoms in total. The number of sulfonamides is 1. The molecule has 1 aliphatic rings. The summed E-state index contributed by atoms with van der Waals surface area (Å²) in [4.78, 5) is 2.07. The van der Waals surface area contributed by atoms with Crippen LogP contribution < -0.4 is 10.2 Å². The van der Waals surface area contributed by atoms with Gasteiger partial charge in [-0.1, -0.05) is 29.8 Å². The Morgan fingerprint density at radius 1 is 1.08 bits per heavy atom. The monoisotopic (exact) mass is 375 g/mol. The van der Waals surface area contributed by atoms with Gasteiger partial charge in [0, 0.05) is 32.7 Å². The van der Waals surface area contributed by atoms with Gasteiger partial charge in [0.2, 0.25) is 10.0 Å². The summed E-state index contributed by atoms with van der Waals surface area (Å²) in [6, 6.07) is 11.5. The molecule has 0 saturated carbocycles. The smallest absolute Gasteiger partial charge is 0.218 e. The SMILES string of the molecule is CCNc1ccc(N2CCN(S(=O)(=O)Cc3cccc(C)c3)CC2)nn1. The van der Waals surface area contributed by atoms with E-state index in [0.717, 1.165) is 29.3 Å². The molecule has 1 saturated heterocycles. The van der Waals surface area contributed by atoms with E-state index in [1.54, 1.807) is 4.31 Å². The first-order chi connectivity index (χ1) is 12.5. The Balaban J connectivity index is 1.60. The Kier molecular flexibility index (Phi) is 5.73. The van der Waals surface area contributed by atoms with E-state index in [2.05, 4.69) is 20.4 Å². The van der Waals surface area contributed by atoms with Gasteiger partial charge >= 0.3 is 0 Å². The highest BCUT2D eigenvalue weighted by Gasteiger charge is 2.27. The van der Waals surface area contributed by atoms with E-state index in [-0.39, 0.29) is 5.75 Å². The second-order valence-electron chi connectivity index (χ2n) is 6.44. The second-order valence-corrected chi connectivity index (χ2v) is 8.41. The van der Waals surface area contributed by atoms with Crippen LogP contribution in [0.25, 0.3) is 0 Å². The predicted octanol–water partition coefficient (Wildman–Crippen LogP) is 1.87.